The number of halogens is 1. The number of piperidine rings is 2. The molecule has 3 heterocycles. The molecule has 2 aromatic rings. The Kier molecular flexibility index (Phi) is 4.22. The van der Waals surface area contributed by atoms with Crippen molar-refractivity contribution in [3.8, 4) is 0 Å². The van der Waals surface area contributed by atoms with Gasteiger partial charge in [-0.1, -0.05) is 0 Å². The number of carbonyl (C=O) groups excluding carboxylic acids is 2. The Morgan fingerprint density at radius 1 is 1.12 bits per heavy atom. The quantitative estimate of drug-likeness (QED) is 0.829. The van der Waals surface area contributed by atoms with Crippen molar-refractivity contribution in [1.29, 1.82) is 0 Å². The summed E-state index contributed by atoms with van der Waals surface area (Å²) in [4.78, 5) is 32.8. The zero-order valence-electron chi connectivity index (χ0n) is 14.4. The maximum atomic E-state index is 13.2. The summed E-state index contributed by atoms with van der Waals surface area (Å²) in [5, 5.41) is 0. The molecule has 0 bridgehead atoms. The molecule has 0 unspecified atom stereocenters. The molecule has 2 aliphatic heterocycles. The summed E-state index contributed by atoms with van der Waals surface area (Å²) in [5.74, 6) is -0.186. The van der Waals surface area contributed by atoms with E-state index < -0.39 is 5.41 Å². The van der Waals surface area contributed by atoms with E-state index in [-0.39, 0.29) is 23.4 Å². The monoisotopic (exact) mass is 357 g/mol. The first-order valence-corrected chi connectivity index (χ1v) is 8.84. The van der Waals surface area contributed by atoms with Gasteiger partial charge in [0, 0.05) is 25.3 Å². The van der Waals surface area contributed by atoms with Gasteiger partial charge >= 0.3 is 0 Å². The zero-order valence-corrected chi connectivity index (χ0v) is 14.4. The summed E-state index contributed by atoms with van der Waals surface area (Å²) in [7, 11) is 0. The molecule has 2 fully saturated rings. The number of likely N-dealkylation sites (tertiary alicyclic amines) is 1. The number of nitrogens with zero attached hydrogens (tertiary/aromatic N) is 3. The molecule has 1 spiro atoms. The van der Waals surface area contributed by atoms with Gasteiger partial charge in [-0.25, -0.2) is 9.37 Å². The van der Waals surface area contributed by atoms with Crippen molar-refractivity contribution in [3.63, 3.8) is 0 Å². The number of anilines is 1. The molecule has 7 heteroatoms. The molecule has 2 aliphatic rings. The summed E-state index contributed by atoms with van der Waals surface area (Å²) < 4.78 is 18.3. The van der Waals surface area contributed by atoms with Crippen LogP contribution >= 0.6 is 0 Å². The van der Waals surface area contributed by atoms with Crippen LogP contribution in [-0.4, -0.2) is 41.3 Å². The second-order valence-electron chi connectivity index (χ2n) is 6.97. The lowest BCUT2D eigenvalue weighted by Crippen LogP contribution is -2.54. The molecule has 4 rings (SSSR count). The second-order valence-corrected chi connectivity index (χ2v) is 6.97. The van der Waals surface area contributed by atoms with Gasteiger partial charge in [-0.15, -0.1) is 0 Å². The van der Waals surface area contributed by atoms with Gasteiger partial charge in [-0.3, -0.25) is 9.59 Å². The van der Waals surface area contributed by atoms with Crippen LogP contribution in [-0.2, 0) is 4.79 Å². The minimum atomic E-state index is -0.440. The third-order valence-corrected chi connectivity index (χ3v) is 5.53. The van der Waals surface area contributed by atoms with Gasteiger partial charge in [0.05, 0.1) is 11.6 Å². The number of carbonyl (C=O) groups is 2. The lowest BCUT2D eigenvalue weighted by Gasteiger charge is -2.46. The fraction of sp³-hybridized carbons (Fsp3) is 0.421. The smallest absolute Gasteiger partial charge is 0.291 e. The Hall–Kier alpha value is -2.70. The number of oxazole rings is 1. The van der Waals surface area contributed by atoms with Crippen molar-refractivity contribution in [2.24, 2.45) is 5.41 Å². The van der Waals surface area contributed by atoms with Gasteiger partial charge in [0.25, 0.3) is 5.91 Å². The number of benzene rings is 1. The molecule has 26 heavy (non-hydrogen) atoms. The van der Waals surface area contributed by atoms with Gasteiger partial charge in [0.1, 0.15) is 5.82 Å². The molecule has 0 saturated carbocycles. The summed E-state index contributed by atoms with van der Waals surface area (Å²) in [6.45, 7) is 1.68. The molecule has 2 amide bonds. The molecule has 1 aromatic heterocycles. The van der Waals surface area contributed by atoms with E-state index >= 15 is 0 Å². The number of hydrogen-bond acceptors (Lipinski definition) is 4. The molecule has 0 radical (unpaired) electrons. The van der Waals surface area contributed by atoms with Gasteiger partial charge in [-0.05, 0) is 49.9 Å². The molecule has 2 saturated heterocycles. The normalized spacial score (nSPS) is 19.8. The molecular weight excluding hydrogens is 337 g/mol. The lowest BCUT2D eigenvalue weighted by atomic mass is 9.71. The first kappa shape index (κ1) is 16.8. The molecule has 6 nitrogen and oxygen atoms in total. The zero-order chi connectivity index (χ0) is 18.1. The van der Waals surface area contributed by atoms with Gasteiger partial charge in [0.2, 0.25) is 11.7 Å². The minimum absolute atomic E-state index is 0.0853. The highest BCUT2D eigenvalue weighted by Gasteiger charge is 2.46. The van der Waals surface area contributed by atoms with Gasteiger partial charge in [0.15, 0.2) is 6.39 Å². The van der Waals surface area contributed by atoms with E-state index in [1.807, 2.05) is 0 Å². The predicted octanol–water partition coefficient (Wildman–Crippen LogP) is 2.86. The fourth-order valence-corrected chi connectivity index (χ4v) is 4.02. The third-order valence-electron chi connectivity index (χ3n) is 5.53. The highest BCUT2D eigenvalue weighted by Crippen LogP contribution is 2.42. The van der Waals surface area contributed by atoms with Crippen LogP contribution in [0.1, 0.15) is 36.2 Å². The van der Waals surface area contributed by atoms with Gasteiger partial charge in [-0.2, -0.15) is 0 Å². The third kappa shape index (κ3) is 2.87. The van der Waals surface area contributed by atoms with Gasteiger partial charge < -0.3 is 14.2 Å². The first-order valence-electron chi connectivity index (χ1n) is 8.84. The summed E-state index contributed by atoms with van der Waals surface area (Å²) in [6, 6.07) is 6.05. The number of amides is 2. The Bertz CT molecular complexity index is 796. The Labute approximate surface area is 150 Å². The maximum Gasteiger partial charge on any atom is 0.291 e. The second kappa shape index (κ2) is 6.55. The van der Waals surface area contributed by atoms with Crippen molar-refractivity contribution < 1.29 is 18.4 Å². The van der Waals surface area contributed by atoms with Crippen LogP contribution < -0.4 is 4.90 Å². The van der Waals surface area contributed by atoms with Crippen LogP contribution in [0.5, 0.6) is 0 Å². The molecule has 0 aliphatic carbocycles. The SMILES string of the molecule is O=C(c1cnco1)N1CCC2(CCCN(c3ccc(F)cc3)C2=O)CC1. The number of rotatable bonds is 2. The highest BCUT2D eigenvalue weighted by molar-refractivity contribution is 5.98. The fourth-order valence-electron chi connectivity index (χ4n) is 4.02. The Morgan fingerprint density at radius 2 is 1.85 bits per heavy atom. The van der Waals surface area contributed by atoms with E-state index in [0.29, 0.717) is 32.5 Å². The van der Waals surface area contributed by atoms with E-state index in [4.69, 9.17) is 4.42 Å². The predicted molar refractivity (Wildman–Crippen MR) is 92.1 cm³/mol. The molecule has 136 valence electrons. The van der Waals surface area contributed by atoms with Crippen LogP contribution in [0.2, 0.25) is 0 Å². The standard InChI is InChI=1S/C19H20FN3O3/c20-14-2-4-15(5-3-14)23-9-1-6-19(18(23)25)7-10-22(11-8-19)17(24)16-12-21-13-26-16/h2-5,12-13H,1,6-11H2. The maximum absolute atomic E-state index is 13.2. The van der Waals surface area contributed by atoms with Crippen molar-refractivity contribution in [3.05, 3.63) is 48.4 Å². The number of hydrogen-bond donors (Lipinski definition) is 0. The Balaban J connectivity index is 1.48. The van der Waals surface area contributed by atoms with E-state index in [1.165, 1.54) is 24.7 Å². The Morgan fingerprint density at radius 3 is 2.50 bits per heavy atom. The van der Waals surface area contributed by atoms with Crippen LogP contribution in [0, 0.1) is 11.2 Å². The average molecular weight is 357 g/mol. The lowest BCUT2D eigenvalue weighted by molar-refractivity contribution is -0.133. The van der Waals surface area contributed by atoms with Crippen molar-refractivity contribution in [2.45, 2.75) is 25.7 Å². The molecule has 0 N–H and O–H groups in total. The molecule has 0 atom stereocenters. The van der Waals surface area contributed by atoms with Crippen molar-refractivity contribution in [2.75, 3.05) is 24.5 Å². The minimum Gasteiger partial charge on any atom is -0.438 e. The van der Waals surface area contributed by atoms with E-state index in [0.717, 1.165) is 18.5 Å². The number of aromatic nitrogens is 1. The highest BCUT2D eigenvalue weighted by atomic mass is 19.1. The summed E-state index contributed by atoms with van der Waals surface area (Å²) in [5.41, 5.74) is 0.292. The van der Waals surface area contributed by atoms with Crippen molar-refractivity contribution >= 4 is 17.5 Å². The largest absolute Gasteiger partial charge is 0.438 e. The van der Waals surface area contributed by atoms with Crippen molar-refractivity contribution in [1.82, 2.24) is 9.88 Å². The summed E-state index contributed by atoms with van der Waals surface area (Å²) in [6.07, 6.45) is 5.64. The molecule has 1 aromatic carbocycles. The van der Waals surface area contributed by atoms with Crippen LogP contribution in [0.25, 0.3) is 0 Å². The summed E-state index contributed by atoms with van der Waals surface area (Å²) >= 11 is 0. The molecular formula is C19H20FN3O3. The van der Waals surface area contributed by atoms with E-state index in [1.54, 1.807) is 21.9 Å². The van der Waals surface area contributed by atoms with Crippen LogP contribution in [0.4, 0.5) is 10.1 Å². The van der Waals surface area contributed by atoms with E-state index in [9.17, 15) is 14.0 Å². The average Bonchev–Trinajstić information content (AvgIpc) is 3.20. The first-order chi connectivity index (χ1) is 12.6. The van der Waals surface area contributed by atoms with Crippen LogP contribution in [0.3, 0.4) is 0 Å². The van der Waals surface area contributed by atoms with Crippen LogP contribution in [0.15, 0.2) is 41.3 Å². The topological polar surface area (TPSA) is 66.7 Å². The van der Waals surface area contributed by atoms with E-state index in [2.05, 4.69) is 4.98 Å².